The zero-order valence-electron chi connectivity index (χ0n) is 15.5. The highest BCUT2D eigenvalue weighted by molar-refractivity contribution is 6.09. The second-order valence-corrected chi connectivity index (χ2v) is 7.11. The second-order valence-electron chi connectivity index (χ2n) is 7.11. The molecule has 2 N–H and O–H groups in total. The SMILES string of the molecule is O=C(Nc1cccc2cccnc12)c1cncc(C(=O)NC2CCCCC2)c1. The number of carbonyl (C=O) groups is 2. The molecule has 2 amide bonds. The van der Waals surface area contributed by atoms with Gasteiger partial charge in [0.15, 0.2) is 0 Å². The fraction of sp³-hybridized carbons (Fsp3) is 0.273. The van der Waals surface area contributed by atoms with Crippen molar-refractivity contribution in [3.05, 3.63) is 66.1 Å². The standard InChI is InChI=1S/C22H22N4O2/c27-21(25-18-8-2-1-3-9-18)16-12-17(14-23-13-16)22(28)26-19-10-4-6-15-7-5-11-24-20(15)19/h4-7,10-14,18H,1-3,8-9H2,(H,25,27)(H,26,28). The van der Waals surface area contributed by atoms with E-state index in [-0.39, 0.29) is 17.9 Å². The van der Waals surface area contributed by atoms with Crippen LogP contribution in [-0.2, 0) is 0 Å². The Labute approximate surface area is 163 Å². The van der Waals surface area contributed by atoms with Crippen LogP contribution in [0.3, 0.4) is 0 Å². The van der Waals surface area contributed by atoms with Gasteiger partial charge in [-0.15, -0.1) is 0 Å². The van der Waals surface area contributed by atoms with E-state index in [1.165, 1.54) is 18.8 Å². The van der Waals surface area contributed by atoms with Crippen molar-refractivity contribution in [2.24, 2.45) is 0 Å². The van der Waals surface area contributed by atoms with Crippen molar-refractivity contribution in [1.29, 1.82) is 0 Å². The molecule has 142 valence electrons. The quantitative estimate of drug-likeness (QED) is 0.724. The van der Waals surface area contributed by atoms with Crippen LogP contribution in [0.4, 0.5) is 5.69 Å². The number of rotatable bonds is 4. The Kier molecular flexibility index (Phi) is 5.28. The van der Waals surface area contributed by atoms with Crippen molar-refractivity contribution in [2.75, 3.05) is 5.32 Å². The van der Waals surface area contributed by atoms with E-state index in [0.29, 0.717) is 16.8 Å². The molecule has 0 saturated heterocycles. The van der Waals surface area contributed by atoms with Crippen LogP contribution in [0.2, 0.25) is 0 Å². The summed E-state index contributed by atoms with van der Waals surface area (Å²) in [7, 11) is 0. The first-order valence-electron chi connectivity index (χ1n) is 9.62. The van der Waals surface area contributed by atoms with Gasteiger partial charge in [-0.05, 0) is 31.0 Å². The highest BCUT2D eigenvalue weighted by Gasteiger charge is 2.18. The number of carbonyl (C=O) groups excluding carboxylic acids is 2. The zero-order valence-corrected chi connectivity index (χ0v) is 15.5. The van der Waals surface area contributed by atoms with E-state index in [0.717, 1.165) is 36.6 Å². The van der Waals surface area contributed by atoms with Gasteiger partial charge in [-0.1, -0.05) is 37.5 Å². The largest absolute Gasteiger partial charge is 0.349 e. The zero-order chi connectivity index (χ0) is 19.3. The third kappa shape index (κ3) is 4.01. The molecule has 1 saturated carbocycles. The molecule has 28 heavy (non-hydrogen) atoms. The van der Waals surface area contributed by atoms with Gasteiger partial charge in [0.25, 0.3) is 11.8 Å². The van der Waals surface area contributed by atoms with Gasteiger partial charge in [0.2, 0.25) is 0 Å². The summed E-state index contributed by atoms with van der Waals surface area (Å²) < 4.78 is 0. The highest BCUT2D eigenvalue weighted by atomic mass is 16.2. The average molecular weight is 374 g/mol. The van der Waals surface area contributed by atoms with Crippen molar-refractivity contribution in [2.45, 2.75) is 38.1 Å². The molecule has 6 nitrogen and oxygen atoms in total. The average Bonchev–Trinajstić information content (AvgIpc) is 2.75. The predicted molar refractivity (Wildman–Crippen MR) is 108 cm³/mol. The summed E-state index contributed by atoms with van der Waals surface area (Å²) >= 11 is 0. The maximum Gasteiger partial charge on any atom is 0.257 e. The number of hydrogen-bond acceptors (Lipinski definition) is 4. The summed E-state index contributed by atoms with van der Waals surface area (Å²) in [5.74, 6) is -0.501. The monoisotopic (exact) mass is 374 g/mol. The summed E-state index contributed by atoms with van der Waals surface area (Å²) in [6.45, 7) is 0. The molecule has 0 atom stereocenters. The summed E-state index contributed by atoms with van der Waals surface area (Å²) in [4.78, 5) is 33.7. The van der Waals surface area contributed by atoms with Crippen LogP contribution in [0, 0.1) is 0 Å². The molecule has 6 heteroatoms. The lowest BCUT2D eigenvalue weighted by Crippen LogP contribution is -2.36. The topological polar surface area (TPSA) is 84.0 Å². The Hall–Kier alpha value is -3.28. The molecule has 0 radical (unpaired) electrons. The second kappa shape index (κ2) is 8.17. The number of pyridine rings is 2. The van der Waals surface area contributed by atoms with Gasteiger partial charge >= 0.3 is 0 Å². The van der Waals surface area contributed by atoms with E-state index in [2.05, 4.69) is 20.6 Å². The number of hydrogen-bond donors (Lipinski definition) is 2. The highest BCUT2D eigenvalue weighted by Crippen LogP contribution is 2.21. The van der Waals surface area contributed by atoms with Crippen molar-refractivity contribution >= 4 is 28.4 Å². The molecular formula is C22H22N4O2. The number of aromatic nitrogens is 2. The van der Waals surface area contributed by atoms with E-state index in [4.69, 9.17) is 0 Å². The maximum atomic E-state index is 12.7. The van der Waals surface area contributed by atoms with E-state index in [1.54, 1.807) is 18.3 Å². The molecule has 1 fully saturated rings. The number of amides is 2. The van der Waals surface area contributed by atoms with Crippen LogP contribution in [0.5, 0.6) is 0 Å². The van der Waals surface area contributed by atoms with Gasteiger partial charge in [-0.25, -0.2) is 0 Å². The van der Waals surface area contributed by atoms with Gasteiger partial charge in [-0.2, -0.15) is 0 Å². The van der Waals surface area contributed by atoms with Gasteiger partial charge in [0, 0.05) is 30.0 Å². The fourth-order valence-corrected chi connectivity index (χ4v) is 3.60. The molecule has 0 bridgehead atoms. The summed E-state index contributed by atoms with van der Waals surface area (Å²) in [5.41, 5.74) is 2.08. The van der Waals surface area contributed by atoms with Gasteiger partial charge in [0.05, 0.1) is 22.3 Å². The van der Waals surface area contributed by atoms with E-state index in [1.807, 2.05) is 24.3 Å². The molecule has 0 aliphatic heterocycles. The van der Waals surface area contributed by atoms with Crippen molar-refractivity contribution in [3.8, 4) is 0 Å². The van der Waals surface area contributed by atoms with Crippen LogP contribution in [-0.4, -0.2) is 27.8 Å². The van der Waals surface area contributed by atoms with Crippen molar-refractivity contribution in [1.82, 2.24) is 15.3 Å². The number of benzene rings is 1. The van der Waals surface area contributed by atoms with Crippen LogP contribution in [0.15, 0.2) is 55.0 Å². The van der Waals surface area contributed by atoms with E-state index in [9.17, 15) is 9.59 Å². The first-order valence-corrected chi connectivity index (χ1v) is 9.62. The Bertz CT molecular complexity index is 1010. The molecule has 3 aromatic rings. The number of nitrogens with zero attached hydrogens (tertiary/aromatic N) is 2. The third-order valence-electron chi connectivity index (χ3n) is 5.08. The van der Waals surface area contributed by atoms with Crippen LogP contribution < -0.4 is 10.6 Å². The van der Waals surface area contributed by atoms with Crippen LogP contribution in [0.25, 0.3) is 10.9 Å². The van der Waals surface area contributed by atoms with Crippen LogP contribution >= 0.6 is 0 Å². The third-order valence-corrected chi connectivity index (χ3v) is 5.08. The van der Waals surface area contributed by atoms with Crippen LogP contribution in [0.1, 0.15) is 52.8 Å². The number of fused-ring (bicyclic) bond motifs is 1. The Morgan fingerprint density at radius 3 is 2.50 bits per heavy atom. The molecule has 2 aromatic heterocycles. The van der Waals surface area contributed by atoms with Gasteiger partial charge in [0.1, 0.15) is 0 Å². The molecule has 1 aromatic carbocycles. The molecule has 0 spiro atoms. The summed E-state index contributed by atoms with van der Waals surface area (Å²) in [6.07, 6.45) is 10.2. The Morgan fingerprint density at radius 2 is 1.68 bits per heavy atom. The number of nitrogens with one attached hydrogen (secondary N) is 2. The first kappa shape index (κ1) is 18.1. The van der Waals surface area contributed by atoms with Crippen molar-refractivity contribution in [3.63, 3.8) is 0 Å². The predicted octanol–water partition coefficient (Wildman–Crippen LogP) is 3.94. The lowest BCUT2D eigenvalue weighted by Gasteiger charge is -2.22. The molecule has 4 rings (SSSR count). The van der Waals surface area contributed by atoms with Gasteiger partial charge < -0.3 is 10.6 Å². The normalized spacial score (nSPS) is 14.6. The number of para-hydroxylation sites is 1. The summed E-state index contributed by atoms with van der Waals surface area (Å²) in [5, 5.41) is 6.87. The molecule has 1 aliphatic rings. The molecule has 1 aliphatic carbocycles. The smallest absolute Gasteiger partial charge is 0.257 e. The minimum absolute atomic E-state index is 0.180. The Balaban J connectivity index is 1.50. The van der Waals surface area contributed by atoms with Gasteiger partial charge in [-0.3, -0.25) is 19.6 Å². The Morgan fingerprint density at radius 1 is 0.929 bits per heavy atom. The minimum atomic E-state index is -0.321. The maximum absolute atomic E-state index is 12.7. The van der Waals surface area contributed by atoms with E-state index >= 15 is 0 Å². The van der Waals surface area contributed by atoms with E-state index < -0.39 is 0 Å². The fourth-order valence-electron chi connectivity index (χ4n) is 3.60. The molecule has 2 heterocycles. The number of anilines is 1. The first-order chi connectivity index (χ1) is 13.7. The summed E-state index contributed by atoms with van der Waals surface area (Å²) in [6, 6.07) is 11.2. The van der Waals surface area contributed by atoms with Crippen molar-refractivity contribution < 1.29 is 9.59 Å². The molecule has 0 unspecified atom stereocenters. The lowest BCUT2D eigenvalue weighted by atomic mass is 9.95. The molecular weight excluding hydrogens is 352 g/mol. The minimum Gasteiger partial charge on any atom is -0.349 e. The lowest BCUT2D eigenvalue weighted by molar-refractivity contribution is 0.0927.